The number of H-pyrrole nitrogens is 1. The second-order valence-corrected chi connectivity index (χ2v) is 9.92. The molecule has 1 atom stereocenters. The fourth-order valence-electron chi connectivity index (χ4n) is 5.56. The van der Waals surface area contributed by atoms with Gasteiger partial charge in [0.2, 0.25) is 11.8 Å². The molecule has 0 amide bonds. The molecule has 8 heteroatoms. The highest BCUT2D eigenvalue weighted by Crippen LogP contribution is 2.52. The molecule has 0 bridgehead atoms. The summed E-state index contributed by atoms with van der Waals surface area (Å²) in [6, 6.07) is 7.96. The lowest BCUT2D eigenvalue weighted by molar-refractivity contribution is -0.166. The van der Waals surface area contributed by atoms with Crippen LogP contribution in [0, 0.1) is 41.9 Å². The zero-order chi connectivity index (χ0) is 25.5. The van der Waals surface area contributed by atoms with E-state index in [1.807, 2.05) is 45.9 Å². The van der Waals surface area contributed by atoms with E-state index in [4.69, 9.17) is 15.2 Å². The summed E-state index contributed by atoms with van der Waals surface area (Å²) in [6.45, 7) is 9.05. The Bertz CT molecular complexity index is 1310. The molecular formula is C27H30N4O4. The van der Waals surface area contributed by atoms with Crippen LogP contribution in [0.25, 0.3) is 0 Å². The Morgan fingerprint density at radius 1 is 1.40 bits per heavy atom. The van der Waals surface area contributed by atoms with Gasteiger partial charge < -0.3 is 20.3 Å². The van der Waals surface area contributed by atoms with Crippen molar-refractivity contribution in [3.8, 4) is 23.8 Å². The number of fused-ring (bicyclic) bond motifs is 1. The number of esters is 1. The standard InChI is InChI=1S/C27H30N4O4/c1-15(2)27(22(13-28)24(29)34-25-23(27)16(3)30-31-25)21-9-18(8-20(10-21)14-32)6-7-19-11-26(5,12-19)35-17(4)33/h8-10,15,19,32H,11-12,14,29H2,1-5H3,(H,30,31)/t19-,26+,27?. The van der Waals surface area contributed by atoms with Crippen molar-refractivity contribution in [3.63, 3.8) is 0 Å². The van der Waals surface area contributed by atoms with E-state index in [2.05, 4.69) is 28.1 Å². The molecule has 4 N–H and O–H groups in total. The monoisotopic (exact) mass is 474 g/mol. The maximum Gasteiger partial charge on any atom is 0.303 e. The van der Waals surface area contributed by atoms with Gasteiger partial charge in [-0.15, -0.1) is 0 Å². The Balaban J connectivity index is 1.82. The van der Waals surface area contributed by atoms with Crippen molar-refractivity contribution in [2.24, 2.45) is 17.6 Å². The van der Waals surface area contributed by atoms with Gasteiger partial charge in [-0.25, -0.2) is 5.10 Å². The maximum atomic E-state index is 11.3. The summed E-state index contributed by atoms with van der Waals surface area (Å²) in [4.78, 5) is 11.3. The molecule has 35 heavy (non-hydrogen) atoms. The van der Waals surface area contributed by atoms with Crippen LogP contribution in [0.2, 0.25) is 0 Å². The molecule has 2 heterocycles. The Morgan fingerprint density at radius 2 is 2.11 bits per heavy atom. The van der Waals surface area contributed by atoms with Crippen molar-refractivity contribution in [1.29, 1.82) is 5.26 Å². The molecule has 0 saturated heterocycles. The number of hydrogen-bond donors (Lipinski definition) is 3. The number of rotatable bonds is 4. The van der Waals surface area contributed by atoms with Crippen LogP contribution in [0.1, 0.15) is 68.5 Å². The maximum absolute atomic E-state index is 11.3. The molecule has 1 aromatic carbocycles. The number of nitrogens with two attached hydrogens (primary N) is 1. The fraction of sp³-hybridized carbons (Fsp3) is 0.444. The van der Waals surface area contributed by atoms with Gasteiger partial charge in [-0.1, -0.05) is 31.8 Å². The Morgan fingerprint density at radius 3 is 2.71 bits per heavy atom. The van der Waals surface area contributed by atoms with Gasteiger partial charge >= 0.3 is 5.97 Å². The number of aryl methyl sites for hydroxylation is 1. The van der Waals surface area contributed by atoms with Gasteiger partial charge in [-0.05, 0) is 43.0 Å². The number of carbonyl (C=O) groups is 1. The predicted octanol–water partition coefficient (Wildman–Crippen LogP) is 3.32. The van der Waals surface area contributed by atoms with Gasteiger partial charge in [0, 0.05) is 31.2 Å². The highest BCUT2D eigenvalue weighted by Gasteiger charge is 2.50. The molecule has 1 unspecified atom stereocenters. The number of aromatic amines is 1. The highest BCUT2D eigenvalue weighted by atomic mass is 16.6. The van der Waals surface area contributed by atoms with Crippen molar-refractivity contribution in [1.82, 2.24) is 10.2 Å². The number of allylic oxidation sites excluding steroid dienone is 1. The van der Waals surface area contributed by atoms with E-state index in [0.717, 1.165) is 16.7 Å². The van der Waals surface area contributed by atoms with E-state index < -0.39 is 11.0 Å². The molecule has 0 radical (unpaired) electrons. The van der Waals surface area contributed by atoms with E-state index in [-0.39, 0.29) is 30.3 Å². The average Bonchev–Trinajstić information content (AvgIpc) is 3.14. The molecule has 1 aromatic heterocycles. The van der Waals surface area contributed by atoms with Gasteiger partial charge in [0.25, 0.3) is 0 Å². The summed E-state index contributed by atoms with van der Waals surface area (Å²) in [7, 11) is 0. The van der Waals surface area contributed by atoms with Crippen molar-refractivity contribution >= 4 is 5.97 Å². The molecule has 2 aromatic rings. The quantitative estimate of drug-likeness (QED) is 0.457. The zero-order valence-electron chi connectivity index (χ0n) is 20.7. The largest absolute Gasteiger partial charge is 0.459 e. The van der Waals surface area contributed by atoms with Crippen molar-refractivity contribution in [2.75, 3.05) is 0 Å². The number of carbonyl (C=O) groups excluding carboxylic acids is 1. The summed E-state index contributed by atoms with van der Waals surface area (Å²) in [6.07, 6.45) is 1.35. The molecule has 182 valence electrons. The SMILES string of the molecule is CC(=O)O[C@]1(C)C[C@H](C#Cc2cc(CO)cc(C3(C(C)C)C(C#N)=C(N)Oc4[nH]nc(C)c43)c2)C1. The van der Waals surface area contributed by atoms with Gasteiger partial charge in [0.1, 0.15) is 17.2 Å². The van der Waals surface area contributed by atoms with Crippen LogP contribution in [-0.4, -0.2) is 26.9 Å². The molecule has 4 rings (SSSR count). The summed E-state index contributed by atoms with van der Waals surface area (Å²) in [5, 5.41) is 27.4. The number of aromatic nitrogens is 2. The minimum Gasteiger partial charge on any atom is -0.459 e. The van der Waals surface area contributed by atoms with Crippen LogP contribution in [0.3, 0.4) is 0 Å². The van der Waals surface area contributed by atoms with E-state index in [9.17, 15) is 15.2 Å². The van der Waals surface area contributed by atoms with Crippen molar-refractivity contribution in [3.05, 3.63) is 57.6 Å². The summed E-state index contributed by atoms with van der Waals surface area (Å²) < 4.78 is 11.1. The topological polar surface area (TPSA) is 134 Å². The Kier molecular flexibility index (Phi) is 6.12. The molecule has 2 aliphatic rings. The lowest BCUT2D eigenvalue weighted by Crippen LogP contribution is -2.44. The third-order valence-electron chi connectivity index (χ3n) is 6.94. The smallest absolute Gasteiger partial charge is 0.303 e. The number of nitrogens with zero attached hydrogens (tertiary/aromatic N) is 2. The number of nitrogens with one attached hydrogen (secondary N) is 1. The van der Waals surface area contributed by atoms with E-state index in [1.165, 1.54) is 6.92 Å². The number of hydrogen-bond acceptors (Lipinski definition) is 7. The van der Waals surface area contributed by atoms with Crippen LogP contribution in [0.4, 0.5) is 0 Å². The first-order chi connectivity index (χ1) is 16.5. The Labute approximate surface area is 205 Å². The predicted molar refractivity (Wildman–Crippen MR) is 129 cm³/mol. The van der Waals surface area contributed by atoms with Gasteiger partial charge in [-0.2, -0.15) is 10.4 Å². The first-order valence-corrected chi connectivity index (χ1v) is 11.6. The summed E-state index contributed by atoms with van der Waals surface area (Å²) >= 11 is 0. The lowest BCUT2D eigenvalue weighted by Gasteiger charge is -2.41. The normalized spacial score (nSPS) is 25.0. The zero-order valence-corrected chi connectivity index (χ0v) is 20.7. The molecular weight excluding hydrogens is 444 g/mol. The van der Waals surface area contributed by atoms with E-state index in [0.29, 0.717) is 35.6 Å². The first kappa shape index (κ1) is 24.4. The van der Waals surface area contributed by atoms with Crippen LogP contribution >= 0.6 is 0 Å². The first-order valence-electron chi connectivity index (χ1n) is 11.6. The van der Waals surface area contributed by atoms with Crippen LogP contribution in [0.5, 0.6) is 5.88 Å². The van der Waals surface area contributed by atoms with E-state index in [1.54, 1.807) is 0 Å². The fourth-order valence-corrected chi connectivity index (χ4v) is 5.56. The number of ether oxygens (including phenoxy) is 2. The van der Waals surface area contributed by atoms with Crippen molar-refractivity contribution in [2.45, 2.75) is 65.1 Å². The summed E-state index contributed by atoms with van der Waals surface area (Å²) in [5.41, 5.74) is 8.77. The van der Waals surface area contributed by atoms with Gasteiger partial charge in [0.05, 0.1) is 23.3 Å². The van der Waals surface area contributed by atoms with Crippen LogP contribution in [0.15, 0.2) is 29.7 Å². The van der Waals surface area contributed by atoms with E-state index >= 15 is 0 Å². The number of nitriles is 1. The third kappa shape index (κ3) is 4.05. The van der Waals surface area contributed by atoms with Gasteiger partial charge in [0.15, 0.2) is 0 Å². The highest BCUT2D eigenvalue weighted by molar-refractivity contribution is 5.66. The minimum absolute atomic E-state index is 0.0265. The molecule has 1 fully saturated rings. The molecule has 1 aliphatic heterocycles. The van der Waals surface area contributed by atoms with Crippen LogP contribution < -0.4 is 10.5 Å². The third-order valence-corrected chi connectivity index (χ3v) is 6.94. The molecule has 1 aliphatic carbocycles. The molecule has 8 nitrogen and oxygen atoms in total. The number of benzene rings is 1. The number of aliphatic hydroxyl groups excluding tert-OH is 1. The van der Waals surface area contributed by atoms with Gasteiger partial charge in [-0.3, -0.25) is 4.79 Å². The van der Waals surface area contributed by atoms with Crippen LogP contribution in [-0.2, 0) is 21.6 Å². The molecule has 1 saturated carbocycles. The van der Waals surface area contributed by atoms with Crippen molar-refractivity contribution < 1.29 is 19.4 Å². The Hall–Kier alpha value is -3.75. The number of aliphatic hydroxyl groups is 1. The molecule has 0 spiro atoms. The second-order valence-electron chi connectivity index (χ2n) is 9.92. The summed E-state index contributed by atoms with van der Waals surface area (Å²) in [5.74, 6) is 6.68. The second kappa shape index (κ2) is 8.79. The average molecular weight is 475 g/mol. The lowest BCUT2D eigenvalue weighted by atomic mass is 9.61. The minimum atomic E-state index is -0.935.